The molecule has 6 nitrogen and oxygen atoms in total. The Morgan fingerprint density at radius 2 is 2.30 bits per heavy atom. The molecule has 3 rings (SSSR count). The molecule has 0 aromatic carbocycles. The fourth-order valence-electron chi connectivity index (χ4n) is 2.07. The van der Waals surface area contributed by atoms with E-state index in [4.69, 9.17) is 17.0 Å². The van der Waals surface area contributed by atoms with Crippen LogP contribution in [0.1, 0.15) is 15.9 Å². The molecule has 0 aliphatic heterocycles. The van der Waals surface area contributed by atoms with Crippen LogP contribution in [0.3, 0.4) is 0 Å². The number of halogens is 1. The number of pyridine rings is 1. The van der Waals surface area contributed by atoms with E-state index in [0.29, 0.717) is 16.8 Å². The maximum atomic E-state index is 12.6. The summed E-state index contributed by atoms with van der Waals surface area (Å²) in [5, 5.41) is 15.3. The minimum Gasteiger partial charge on any atom is -0.308 e. The van der Waals surface area contributed by atoms with Gasteiger partial charge in [-0.3, -0.25) is 9.78 Å². The van der Waals surface area contributed by atoms with Crippen LogP contribution in [0, 0.1) is 5.41 Å². The molecule has 23 heavy (non-hydrogen) atoms. The number of carbonyl (C=O) groups is 1. The van der Waals surface area contributed by atoms with Gasteiger partial charge in [0.15, 0.2) is 5.15 Å². The minimum atomic E-state index is -0.239. The van der Waals surface area contributed by atoms with Crippen molar-refractivity contribution in [2.45, 2.75) is 0 Å². The summed E-state index contributed by atoms with van der Waals surface area (Å²) in [4.78, 5) is 18.1. The lowest BCUT2D eigenvalue weighted by Crippen LogP contribution is -2.26. The molecule has 1 amide bonds. The number of carbonyl (C=O) groups excluding carboxylic acids is 1. The van der Waals surface area contributed by atoms with Crippen molar-refractivity contribution in [2.24, 2.45) is 0 Å². The molecule has 0 fully saturated rings. The predicted molar refractivity (Wildman–Crippen MR) is 91.3 cm³/mol. The third kappa shape index (κ3) is 2.88. The van der Waals surface area contributed by atoms with Crippen LogP contribution in [0.15, 0.2) is 41.5 Å². The number of hydrogen-bond acceptors (Lipinski definition) is 5. The van der Waals surface area contributed by atoms with Gasteiger partial charge in [-0.2, -0.15) is 16.4 Å². The number of nitrogens with zero attached hydrogens (tertiary/aromatic N) is 4. The SMILES string of the molecule is CN(C(=O)c1cscc1C=N)c1cn(-c2cccnc2)nc1Cl. The highest BCUT2D eigenvalue weighted by atomic mass is 35.5. The van der Waals surface area contributed by atoms with Gasteiger partial charge in [0.05, 0.1) is 23.6 Å². The van der Waals surface area contributed by atoms with E-state index in [0.717, 1.165) is 11.9 Å². The maximum Gasteiger partial charge on any atom is 0.259 e. The Bertz CT molecular complexity index is 858. The summed E-state index contributed by atoms with van der Waals surface area (Å²) in [5.74, 6) is -0.239. The van der Waals surface area contributed by atoms with E-state index >= 15 is 0 Å². The van der Waals surface area contributed by atoms with Crippen molar-refractivity contribution in [3.05, 3.63) is 57.8 Å². The van der Waals surface area contributed by atoms with Crippen molar-refractivity contribution in [1.29, 1.82) is 5.41 Å². The van der Waals surface area contributed by atoms with E-state index < -0.39 is 0 Å². The lowest BCUT2D eigenvalue weighted by atomic mass is 10.2. The molecule has 3 aromatic heterocycles. The van der Waals surface area contributed by atoms with Crippen LogP contribution >= 0.6 is 22.9 Å². The summed E-state index contributed by atoms with van der Waals surface area (Å²) in [6.45, 7) is 0. The highest BCUT2D eigenvalue weighted by molar-refractivity contribution is 7.08. The molecule has 0 bridgehead atoms. The van der Waals surface area contributed by atoms with Crippen LogP contribution in [-0.2, 0) is 0 Å². The molecule has 0 aliphatic carbocycles. The lowest BCUT2D eigenvalue weighted by molar-refractivity contribution is 0.0993. The Morgan fingerprint density at radius 1 is 1.48 bits per heavy atom. The molecule has 0 saturated carbocycles. The Hall–Kier alpha value is -2.51. The van der Waals surface area contributed by atoms with E-state index in [1.54, 1.807) is 47.1 Å². The average molecular weight is 346 g/mol. The van der Waals surface area contributed by atoms with E-state index in [9.17, 15) is 4.79 Å². The predicted octanol–water partition coefficient (Wildman–Crippen LogP) is 3.26. The molecule has 0 unspecified atom stereocenters. The Morgan fingerprint density at radius 3 is 3.00 bits per heavy atom. The van der Waals surface area contributed by atoms with Gasteiger partial charge in [-0.15, -0.1) is 0 Å². The lowest BCUT2D eigenvalue weighted by Gasteiger charge is -2.15. The van der Waals surface area contributed by atoms with Gasteiger partial charge in [-0.05, 0) is 12.1 Å². The standard InChI is InChI=1S/C15H12ClN5OS/c1-20(15(22)12-9-23-8-10(12)5-17)13-7-21(19-14(13)16)11-3-2-4-18-6-11/h2-9,17H,1H3. The van der Waals surface area contributed by atoms with Gasteiger partial charge in [-0.1, -0.05) is 11.6 Å². The van der Waals surface area contributed by atoms with E-state index in [1.807, 2.05) is 6.07 Å². The molecule has 0 atom stereocenters. The largest absolute Gasteiger partial charge is 0.308 e. The first kappa shape index (κ1) is 15.4. The maximum absolute atomic E-state index is 12.6. The Balaban J connectivity index is 1.94. The van der Waals surface area contributed by atoms with Gasteiger partial charge in [0.2, 0.25) is 0 Å². The molecule has 0 spiro atoms. The van der Waals surface area contributed by atoms with Crippen molar-refractivity contribution in [3.63, 3.8) is 0 Å². The van der Waals surface area contributed by atoms with Crippen LogP contribution in [0.25, 0.3) is 5.69 Å². The van der Waals surface area contributed by atoms with Crippen molar-refractivity contribution in [3.8, 4) is 5.69 Å². The Kier molecular flexibility index (Phi) is 4.22. The zero-order chi connectivity index (χ0) is 16.4. The number of rotatable bonds is 4. The van der Waals surface area contributed by atoms with Gasteiger partial charge >= 0.3 is 0 Å². The molecule has 116 valence electrons. The van der Waals surface area contributed by atoms with Gasteiger partial charge in [0.25, 0.3) is 5.91 Å². The summed E-state index contributed by atoms with van der Waals surface area (Å²) >= 11 is 7.56. The molecule has 0 aliphatic rings. The summed E-state index contributed by atoms with van der Waals surface area (Å²) < 4.78 is 1.57. The minimum absolute atomic E-state index is 0.219. The van der Waals surface area contributed by atoms with Crippen molar-refractivity contribution in [1.82, 2.24) is 14.8 Å². The van der Waals surface area contributed by atoms with Crippen molar-refractivity contribution >= 4 is 40.7 Å². The second kappa shape index (κ2) is 6.31. The first-order valence-electron chi connectivity index (χ1n) is 6.62. The molecule has 3 heterocycles. The quantitative estimate of drug-likeness (QED) is 0.737. The number of thiophene rings is 1. The third-order valence-corrected chi connectivity index (χ3v) is 4.34. The second-order valence-corrected chi connectivity index (χ2v) is 5.81. The van der Waals surface area contributed by atoms with Gasteiger partial charge in [0, 0.05) is 35.8 Å². The van der Waals surface area contributed by atoms with Crippen molar-refractivity contribution < 1.29 is 4.79 Å². The van der Waals surface area contributed by atoms with Crippen LogP contribution in [0.2, 0.25) is 5.15 Å². The number of aromatic nitrogens is 3. The molecule has 8 heteroatoms. The van der Waals surface area contributed by atoms with Crippen LogP contribution in [-0.4, -0.2) is 33.9 Å². The molecular weight excluding hydrogens is 334 g/mol. The van der Waals surface area contributed by atoms with E-state index in [2.05, 4.69) is 10.1 Å². The zero-order valence-corrected chi connectivity index (χ0v) is 13.7. The Labute approximate surface area is 141 Å². The molecule has 1 N–H and O–H groups in total. The number of anilines is 1. The highest BCUT2D eigenvalue weighted by Gasteiger charge is 2.21. The van der Waals surface area contributed by atoms with Crippen LogP contribution in [0.5, 0.6) is 0 Å². The van der Waals surface area contributed by atoms with E-state index in [1.165, 1.54) is 16.2 Å². The summed E-state index contributed by atoms with van der Waals surface area (Å²) in [6, 6.07) is 3.63. The fourth-order valence-corrected chi connectivity index (χ4v) is 3.11. The normalized spacial score (nSPS) is 10.5. The monoisotopic (exact) mass is 345 g/mol. The number of amides is 1. The van der Waals surface area contributed by atoms with Gasteiger partial charge in [-0.25, -0.2) is 4.68 Å². The molecule has 0 saturated heterocycles. The van der Waals surface area contributed by atoms with Crippen LogP contribution < -0.4 is 4.90 Å². The fraction of sp³-hybridized carbons (Fsp3) is 0.0667. The molecule has 0 radical (unpaired) electrons. The third-order valence-electron chi connectivity index (χ3n) is 3.31. The smallest absolute Gasteiger partial charge is 0.259 e. The summed E-state index contributed by atoms with van der Waals surface area (Å²) in [5.41, 5.74) is 2.29. The van der Waals surface area contributed by atoms with Crippen LogP contribution in [0.4, 0.5) is 5.69 Å². The number of nitrogens with one attached hydrogen (secondary N) is 1. The van der Waals surface area contributed by atoms with Gasteiger partial charge < -0.3 is 10.3 Å². The van der Waals surface area contributed by atoms with E-state index in [-0.39, 0.29) is 11.1 Å². The first-order valence-corrected chi connectivity index (χ1v) is 7.94. The molecular formula is C15H12ClN5OS. The second-order valence-electron chi connectivity index (χ2n) is 4.71. The molecule has 3 aromatic rings. The van der Waals surface area contributed by atoms with Crippen molar-refractivity contribution in [2.75, 3.05) is 11.9 Å². The first-order chi connectivity index (χ1) is 11.1. The topological polar surface area (TPSA) is 74.9 Å². The zero-order valence-electron chi connectivity index (χ0n) is 12.1. The van der Waals surface area contributed by atoms with Gasteiger partial charge in [0.1, 0.15) is 5.69 Å². The summed E-state index contributed by atoms with van der Waals surface area (Å²) in [6.07, 6.45) is 6.16. The number of hydrogen-bond donors (Lipinski definition) is 1. The highest BCUT2D eigenvalue weighted by Crippen LogP contribution is 2.27. The average Bonchev–Trinajstić information content (AvgIpc) is 3.20. The summed E-state index contributed by atoms with van der Waals surface area (Å²) in [7, 11) is 1.63.